The molecule has 0 saturated carbocycles. The summed E-state index contributed by atoms with van der Waals surface area (Å²) in [7, 11) is 0. The van der Waals surface area contributed by atoms with E-state index >= 15 is 0 Å². The van der Waals surface area contributed by atoms with Crippen molar-refractivity contribution in [2.75, 3.05) is 5.33 Å². The van der Waals surface area contributed by atoms with Crippen molar-refractivity contribution in [2.24, 2.45) is 5.92 Å². The summed E-state index contributed by atoms with van der Waals surface area (Å²) in [5, 5.41) is 0.542. The minimum absolute atomic E-state index is 0.321. The molecule has 0 N–H and O–H groups in total. The Balaban J connectivity index is 3.64. The van der Waals surface area contributed by atoms with Crippen LogP contribution >= 0.6 is 15.9 Å². The number of halogens is 1. The third kappa shape index (κ3) is 11.7. The summed E-state index contributed by atoms with van der Waals surface area (Å²) < 4.78 is 0. The summed E-state index contributed by atoms with van der Waals surface area (Å²) >= 11 is 3.33. The number of carbonyl (C=O) groups is 1. The van der Waals surface area contributed by atoms with Gasteiger partial charge in [-0.2, -0.15) is 0 Å². The standard InChI is InChI=1S/C17H33BrO/c1-3-5-7-8-9-10-12-14-16(17(19)15-18)13-11-6-4-2/h16H,3-15H2,1-2H3. The molecule has 0 spiro atoms. The van der Waals surface area contributed by atoms with Gasteiger partial charge < -0.3 is 0 Å². The fourth-order valence-corrected chi connectivity index (χ4v) is 3.02. The molecule has 1 unspecified atom stereocenters. The van der Waals surface area contributed by atoms with Crippen LogP contribution in [-0.4, -0.2) is 11.1 Å². The van der Waals surface area contributed by atoms with Crippen LogP contribution < -0.4 is 0 Å². The van der Waals surface area contributed by atoms with E-state index in [0.717, 1.165) is 12.8 Å². The van der Waals surface area contributed by atoms with Gasteiger partial charge >= 0.3 is 0 Å². The van der Waals surface area contributed by atoms with Crippen LogP contribution in [0.2, 0.25) is 0 Å². The van der Waals surface area contributed by atoms with Crippen molar-refractivity contribution in [3.8, 4) is 0 Å². The van der Waals surface area contributed by atoms with Crippen LogP contribution in [0.1, 0.15) is 90.9 Å². The van der Waals surface area contributed by atoms with Crippen molar-refractivity contribution < 1.29 is 4.79 Å². The third-order valence-corrected chi connectivity index (χ3v) is 4.45. The molecular weight excluding hydrogens is 300 g/mol. The van der Waals surface area contributed by atoms with Crippen LogP contribution in [0.3, 0.4) is 0 Å². The summed E-state index contributed by atoms with van der Waals surface area (Å²) in [5.74, 6) is 0.739. The Kier molecular flexibility index (Phi) is 14.7. The molecule has 0 rings (SSSR count). The molecule has 0 aliphatic rings. The van der Waals surface area contributed by atoms with Gasteiger partial charge in [0.15, 0.2) is 0 Å². The summed E-state index contributed by atoms with van der Waals surface area (Å²) in [6.45, 7) is 4.48. The van der Waals surface area contributed by atoms with Crippen molar-refractivity contribution >= 4 is 21.7 Å². The fourth-order valence-electron chi connectivity index (χ4n) is 2.56. The Morgan fingerprint density at radius 2 is 1.21 bits per heavy atom. The molecule has 0 aromatic carbocycles. The predicted octanol–water partition coefficient (Wildman–Crippen LogP) is 6.29. The predicted molar refractivity (Wildman–Crippen MR) is 89.0 cm³/mol. The number of carbonyl (C=O) groups excluding carboxylic acids is 1. The molecule has 0 amide bonds. The second-order valence-electron chi connectivity index (χ2n) is 5.70. The van der Waals surface area contributed by atoms with Crippen LogP contribution in [0.25, 0.3) is 0 Å². The van der Waals surface area contributed by atoms with E-state index in [2.05, 4.69) is 29.8 Å². The van der Waals surface area contributed by atoms with Crippen molar-refractivity contribution in [1.82, 2.24) is 0 Å². The second-order valence-corrected chi connectivity index (χ2v) is 6.26. The lowest BCUT2D eigenvalue weighted by atomic mass is 9.91. The zero-order valence-electron chi connectivity index (χ0n) is 13.1. The van der Waals surface area contributed by atoms with Crippen LogP contribution in [0.4, 0.5) is 0 Å². The highest BCUT2D eigenvalue weighted by Gasteiger charge is 2.16. The second kappa shape index (κ2) is 14.6. The highest BCUT2D eigenvalue weighted by molar-refractivity contribution is 9.09. The molecule has 0 saturated heterocycles. The molecule has 0 heterocycles. The molecule has 1 atom stereocenters. The Hall–Kier alpha value is 0.150. The van der Waals surface area contributed by atoms with Crippen molar-refractivity contribution in [3.63, 3.8) is 0 Å². The SMILES string of the molecule is CCCCCCCCCC(CCCCC)C(=O)CBr. The van der Waals surface area contributed by atoms with Crippen molar-refractivity contribution in [3.05, 3.63) is 0 Å². The number of ketones is 1. The van der Waals surface area contributed by atoms with Crippen LogP contribution in [0.15, 0.2) is 0 Å². The molecule has 0 radical (unpaired) electrons. The highest BCUT2D eigenvalue weighted by Crippen LogP contribution is 2.20. The first-order valence-electron chi connectivity index (χ1n) is 8.34. The van der Waals surface area contributed by atoms with E-state index in [0.29, 0.717) is 17.0 Å². The molecule has 0 aromatic rings. The van der Waals surface area contributed by atoms with Gasteiger partial charge in [0, 0.05) is 5.92 Å². The average Bonchev–Trinajstić information content (AvgIpc) is 2.43. The van der Waals surface area contributed by atoms with Gasteiger partial charge in [0.25, 0.3) is 0 Å². The summed E-state index contributed by atoms with van der Waals surface area (Å²) in [6, 6.07) is 0. The highest BCUT2D eigenvalue weighted by atomic mass is 79.9. The Morgan fingerprint density at radius 1 is 0.789 bits per heavy atom. The molecule has 0 fully saturated rings. The number of unbranched alkanes of at least 4 members (excludes halogenated alkanes) is 8. The van der Waals surface area contributed by atoms with Crippen LogP contribution in [0.5, 0.6) is 0 Å². The van der Waals surface area contributed by atoms with Gasteiger partial charge in [-0.3, -0.25) is 4.79 Å². The first-order chi connectivity index (χ1) is 9.26. The molecule has 1 nitrogen and oxygen atoms in total. The van der Waals surface area contributed by atoms with Gasteiger partial charge in [-0.25, -0.2) is 0 Å². The van der Waals surface area contributed by atoms with Crippen LogP contribution in [0, 0.1) is 5.92 Å². The normalized spacial score (nSPS) is 12.6. The Bertz CT molecular complexity index is 203. The number of rotatable bonds is 14. The lowest BCUT2D eigenvalue weighted by Gasteiger charge is -2.14. The number of Topliss-reactive ketones (excluding diaryl/α,β-unsaturated/α-hetero) is 1. The zero-order chi connectivity index (χ0) is 14.3. The van der Waals surface area contributed by atoms with E-state index in [9.17, 15) is 4.79 Å². The molecule has 0 bridgehead atoms. The van der Waals surface area contributed by atoms with E-state index in [1.165, 1.54) is 64.2 Å². The van der Waals surface area contributed by atoms with Gasteiger partial charge in [-0.15, -0.1) is 0 Å². The van der Waals surface area contributed by atoms with E-state index < -0.39 is 0 Å². The Morgan fingerprint density at radius 3 is 1.74 bits per heavy atom. The first-order valence-corrected chi connectivity index (χ1v) is 9.47. The van der Waals surface area contributed by atoms with E-state index in [-0.39, 0.29) is 0 Å². The molecular formula is C17H33BrO. The summed E-state index contributed by atoms with van der Waals surface area (Å²) in [4.78, 5) is 11.9. The monoisotopic (exact) mass is 332 g/mol. The molecule has 2 heteroatoms. The zero-order valence-corrected chi connectivity index (χ0v) is 14.6. The first kappa shape index (κ1) is 19.1. The van der Waals surface area contributed by atoms with Gasteiger partial charge in [0.2, 0.25) is 0 Å². The number of alkyl halides is 1. The topological polar surface area (TPSA) is 17.1 Å². The van der Waals surface area contributed by atoms with E-state index in [4.69, 9.17) is 0 Å². The van der Waals surface area contributed by atoms with Gasteiger partial charge in [-0.05, 0) is 12.8 Å². The molecule has 19 heavy (non-hydrogen) atoms. The van der Waals surface area contributed by atoms with Crippen molar-refractivity contribution in [2.45, 2.75) is 90.9 Å². The Labute approximate surface area is 129 Å². The van der Waals surface area contributed by atoms with Gasteiger partial charge in [0.1, 0.15) is 5.78 Å². The van der Waals surface area contributed by atoms with E-state index in [1.54, 1.807) is 0 Å². The third-order valence-electron chi connectivity index (χ3n) is 3.90. The smallest absolute Gasteiger partial charge is 0.146 e. The lowest BCUT2D eigenvalue weighted by molar-refractivity contribution is -0.120. The minimum Gasteiger partial charge on any atom is -0.298 e. The quantitative estimate of drug-likeness (QED) is 0.270. The number of hydrogen-bond donors (Lipinski definition) is 0. The van der Waals surface area contributed by atoms with Gasteiger partial charge in [-0.1, -0.05) is 94.0 Å². The fraction of sp³-hybridized carbons (Fsp3) is 0.941. The number of hydrogen-bond acceptors (Lipinski definition) is 1. The molecule has 0 aliphatic carbocycles. The van der Waals surface area contributed by atoms with Gasteiger partial charge in [0.05, 0.1) is 5.33 Å². The maximum absolute atomic E-state index is 11.9. The summed E-state index contributed by atoms with van der Waals surface area (Å²) in [6.07, 6.45) is 15.3. The largest absolute Gasteiger partial charge is 0.298 e. The summed E-state index contributed by atoms with van der Waals surface area (Å²) in [5.41, 5.74) is 0. The molecule has 114 valence electrons. The molecule has 0 aromatic heterocycles. The molecule has 0 aliphatic heterocycles. The van der Waals surface area contributed by atoms with Crippen molar-refractivity contribution in [1.29, 1.82) is 0 Å². The maximum Gasteiger partial charge on any atom is 0.146 e. The minimum atomic E-state index is 0.321. The van der Waals surface area contributed by atoms with Crippen LogP contribution in [-0.2, 0) is 4.79 Å². The van der Waals surface area contributed by atoms with E-state index in [1.807, 2.05) is 0 Å². The average molecular weight is 333 g/mol. The maximum atomic E-state index is 11.9. The lowest BCUT2D eigenvalue weighted by Crippen LogP contribution is -2.15.